The Kier molecular flexibility index (Phi) is 3.72. The predicted molar refractivity (Wildman–Crippen MR) is 91.0 cm³/mol. The molecule has 0 saturated carbocycles. The molecule has 4 nitrogen and oxygen atoms in total. The van der Waals surface area contributed by atoms with E-state index >= 15 is 0 Å². The van der Waals surface area contributed by atoms with Crippen molar-refractivity contribution in [1.29, 1.82) is 0 Å². The van der Waals surface area contributed by atoms with Gasteiger partial charge < -0.3 is 19.5 Å². The van der Waals surface area contributed by atoms with Gasteiger partial charge in [-0.2, -0.15) is 0 Å². The molecule has 4 aliphatic rings. The number of methoxy groups -OCH3 is 1. The second-order valence-electron chi connectivity index (χ2n) is 7.11. The number of rotatable bonds is 1. The first kappa shape index (κ1) is 16.1. The number of ether oxygens (including phenoxy) is 2. The van der Waals surface area contributed by atoms with Gasteiger partial charge in [-0.25, -0.2) is 0 Å². The van der Waals surface area contributed by atoms with Crippen molar-refractivity contribution in [1.82, 2.24) is 4.90 Å². The third-order valence-corrected chi connectivity index (χ3v) is 7.75. The van der Waals surface area contributed by atoms with Gasteiger partial charge in [0.05, 0.1) is 7.11 Å². The largest absolute Gasteiger partial charge is 0.493 e. The summed E-state index contributed by atoms with van der Waals surface area (Å²) in [5.74, 6) is 2.27. The second-order valence-corrected chi connectivity index (χ2v) is 8.48. The van der Waals surface area contributed by atoms with Gasteiger partial charge in [0.2, 0.25) is 0 Å². The van der Waals surface area contributed by atoms with Crippen LogP contribution in [0.5, 0.6) is 11.5 Å². The van der Waals surface area contributed by atoms with E-state index in [-0.39, 0.29) is 44.5 Å². The Morgan fingerprint density at radius 1 is 1.43 bits per heavy atom. The monoisotopic (exact) mass is 435 g/mol. The molecule has 6 heteroatoms. The number of piperidine rings is 1. The number of nitrogens with zero attached hydrogens (tertiary/aromatic N) is 1. The molecule has 0 amide bonds. The Hall–Kier alpha value is -0.374. The van der Waals surface area contributed by atoms with Gasteiger partial charge in [-0.05, 0) is 32.1 Å². The first-order valence-corrected chi connectivity index (χ1v) is 9.35. The van der Waals surface area contributed by atoms with E-state index in [9.17, 15) is 5.11 Å². The summed E-state index contributed by atoms with van der Waals surface area (Å²) in [4.78, 5) is 2.51. The number of aliphatic hydroxyl groups is 1. The van der Waals surface area contributed by atoms with Crippen LogP contribution in [0.15, 0.2) is 17.8 Å². The summed E-state index contributed by atoms with van der Waals surface area (Å²) in [6.07, 6.45) is 5.76. The molecule has 0 unspecified atom stereocenters. The van der Waals surface area contributed by atoms with E-state index in [0.717, 1.165) is 30.9 Å². The molecule has 2 aliphatic carbocycles. The average molecular weight is 434 g/mol. The Bertz CT molecular complexity index is 697. The van der Waals surface area contributed by atoms with E-state index in [0.29, 0.717) is 12.0 Å². The molecule has 23 heavy (non-hydrogen) atoms. The van der Waals surface area contributed by atoms with E-state index in [1.54, 1.807) is 12.3 Å². The molecule has 2 aliphatic heterocycles. The van der Waals surface area contributed by atoms with Crippen molar-refractivity contribution in [3.63, 3.8) is 0 Å². The SMILES string of the molecule is COc1c[siH]c2c3c1O[C@H]1[C@@H](O)C=C[C@H]4[C@@H](C2)N(C)CC[C@@]341.[Sn]. The first-order valence-electron chi connectivity index (χ1n) is 8.10. The van der Waals surface area contributed by atoms with Gasteiger partial charge in [0.25, 0.3) is 0 Å². The van der Waals surface area contributed by atoms with Crippen molar-refractivity contribution in [2.45, 2.75) is 36.5 Å². The number of hydrogen-bond acceptors (Lipinski definition) is 4. The molecule has 3 heterocycles. The van der Waals surface area contributed by atoms with Crippen LogP contribution < -0.4 is 9.47 Å². The Morgan fingerprint density at radius 2 is 2.26 bits per heavy atom. The topological polar surface area (TPSA) is 41.9 Å². The van der Waals surface area contributed by atoms with Crippen molar-refractivity contribution >= 4 is 33.0 Å². The number of hydrogen-bond donors (Lipinski definition) is 1. The number of aliphatic hydroxyl groups excluding tert-OH is 1. The van der Waals surface area contributed by atoms with Crippen LogP contribution in [0, 0.1) is 5.92 Å². The second kappa shape index (κ2) is 5.31. The molecular formula is C17H21NO3SiSn. The normalized spacial score (nSPS) is 39.3. The summed E-state index contributed by atoms with van der Waals surface area (Å²) in [6, 6.07) is 0.548. The summed E-state index contributed by atoms with van der Waals surface area (Å²) in [7, 11) is 4.09. The Balaban J connectivity index is 0.00000135. The van der Waals surface area contributed by atoms with Crippen LogP contribution in [0.3, 0.4) is 0 Å². The van der Waals surface area contributed by atoms with E-state index in [2.05, 4.69) is 23.7 Å². The molecule has 1 spiro atoms. The fourth-order valence-electron chi connectivity index (χ4n) is 5.39. The summed E-state index contributed by atoms with van der Waals surface area (Å²) in [6.45, 7) is 1.08. The van der Waals surface area contributed by atoms with Crippen LogP contribution >= 0.6 is 0 Å². The standard InChI is InChI=1S/C17H21NO3Si.Sn/c1-18-6-5-17-9-3-4-11(19)16(17)21-15-12(20-2)8-22-13(14(15)17)7-10(9)18;/h3-4,8-11,16,19,22H,5-7H2,1-2H3;/t9-,10+,11-,16-,17-;/m0./s1. The molecular weight excluding hydrogens is 413 g/mol. The zero-order valence-electron chi connectivity index (χ0n) is 13.5. The fraction of sp³-hybridized carbons (Fsp3) is 0.588. The molecule has 1 fully saturated rings. The van der Waals surface area contributed by atoms with Gasteiger partial charge in [0.15, 0.2) is 11.5 Å². The van der Waals surface area contributed by atoms with E-state index in [4.69, 9.17) is 9.47 Å². The predicted octanol–water partition coefficient (Wildman–Crippen LogP) is 0.191. The van der Waals surface area contributed by atoms with Crippen molar-refractivity contribution in [2.24, 2.45) is 5.92 Å². The van der Waals surface area contributed by atoms with Crippen LogP contribution in [-0.2, 0) is 11.8 Å². The van der Waals surface area contributed by atoms with Gasteiger partial charge >= 0.3 is 0 Å². The number of likely N-dealkylation sites (tertiary alicyclic amines) is 1. The van der Waals surface area contributed by atoms with Gasteiger partial charge in [-0.3, -0.25) is 0 Å². The van der Waals surface area contributed by atoms with E-state index in [1.807, 2.05) is 6.08 Å². The molecule has 5 atom stereocenters. The molecule has 4 radical (unpaired) electrons. The minimum atomic E-state index is -0.515. The minimum absolute atomic E-state index is 0. The Morgan fingerprint density at radius 3 is 3.04 bits per heavy atom. The van der Waals surface area contributed by atoms with Crippen LogP contribution in [0.2, 0.25) is 0 Å². The number of likely N-dealkylation sites (N-methyl/N-ethyl adjacent to an activating group) is 1. The summed E-state index contributed by atoms with van der Waals surface area (Å²) < 4.78 is 11.9. The fourth-order valence-corrected chi connectivity index (χ4v) is 6.97. The average Bonchev–Trinajstić information content (AvgIpc) is 2.88. The molecule has 5 rings (SSSR count). The molecule has 120 valence electrons. The van der Waals surface area contributed by atoms with Crippen LogP contribution in [0.4, 0.5) is 0 Å². The van der Waals surface area contributed by atoms with E-state index in [1.165, 1.54) is 5.56 Å². The maximum Gasteiger partial charge on any atom is 0.165 e. The molecule has 1 N–H and O–H groups in total. The zero-order chi connectivity index (χ0) is 15.1. The smallest absolute Gasteiger partial charge is 0.165 e. The molecule has 1 aromatic rings. The van der Waals surface area contributed by atoms with Crippen LogP contribution in [-0.4, -0.2) is 82.0 Å². The summed E-state index contributed by atoms with van der Waals surface area (Å²) in [5, 5.41) is 12.1. The summed E-state index contributed by atoms with van der Waals surface area (Å²) >= 11 is 0. The quantitative estimate of drug-likeness (QED) is 0.507. The van der Waals surface area contributed by atoms with Crippen molar-refractivity contribution in [3.05, 3.63) is 28.6 Å². The van der Waals surface area contributed by atoms with Crippen LogP contribution in [0.1, 0.15) is 17.2 Å². The maximum absolute atomic E-state index is 10.6. The van der Waals surface area contributed by atoms with Gasteiger partial charge in [-0.1, -0.05) is 17.3 Å². The molecule has 2 bridgehead atoms. The van der Waals surface area contributed by atoms with Gasteiger partial charge in [-0.15, -0.1) is 0 Å². The molecule has 1 saturated heterocycles. The zero-order valence-corrected chi connectivity index (χ0v) is 17.5. The maximum atomic E-state index is 10.6. The van der Waals surface area contributed by atoms with Crippen LogP contribution in [0.25, 0.3) is 0 Å². The Labute approximate surface area is 155 Å². The summed E-state index contributed by atoms with van der Waals surface area (Å²) in [5.41, 5.74) is 3.60. The van der Waals surface area contributed by atoms with Gasteiger partial charge in [0.1, 0.15) is 12.2 Å². The first-order chi connectivity index (χ1) is 10.7. The van der Waals surface area contributed by atoms with Crippen molar-refractivity contribution < 1.29 is 14.6 Å². The minimum Gasteiger partial charge on any atom is -0.493 e. The van der Waals surface area contributed by atoms with Crippen molar-refractivity contribution in [2.75, 3.05) is 20.7 Å². The third kappa shape index (κ3) is 1.82. The molecule has 0 aromatic carbocycles. The third-order valence-electron chi connectivity index (χ3n) is 6.35. The van der Waals surface area contributed by atoms with E-state index < -0.39 is 6.10 Å². The van der Waals surface area contributed by atoms with Gasteiger partial charge in [0, 0.05) is 56.0 Å². The molecule has 1 aromatic heterocycles. The van der Waals surface area contributed by atoms with Crippen molar-refractivity contribution in [3.8, 4) is 11.5 Å².